The third-order valence-electron chi connectivity index (χ3n) is 4.11. The molecule has 2 aromatic rings. The fourth-order valence-electron chi connectivity index (χ4n) is 2.84. The summed E-state index contributed by atoms with van der Waals surface area (Å²) in [6.07, 6.45) is 0.710. The summed E-state index contributed by atoms with van der Waals surface area (Å²) in [6, 6.07) is 9.82. The summed E-state index contributed by atoms with van der Waals surface area (Å²) in [5, 5.41) is 3.53. The van der Waals surface area contributed by atoms with Crippen LogP contribution in [0, 0.1) is 0 Å². The van der Waals surface area contributed by atoms with E-state index < -0.39 is 0 Å². The van der Waals surface area contributed by atoms with E-state index in [2.05, 4.69) is 5.32 Å². The largest absolute Gasteiger partial charge is 0.486 e. The molecule has 1 aliphatic rings. The van der Waals surface area contributed by atoms with Crippen LogP contribution in [0.1, 0.15) is 23.7 Å². The van der Waals surface area contributed by atoms with Crippen LogP contribution >= 0.6 is 23.2 Å². The highest BCUT2D eigenvalue weighted by molar-refractivity contribution is 6.35. The van der Waals surface area contributed by atoms with Crippen molar-refractivity contribution in [2.45, 2.75) is 13.3 Å². The van der Waals surface area contributed by atoms with Gasteiger partial charge in [0.2, 0.25) is 5.91 Å². The minimum atomic E-state index is -0.358. The van der Waals surface area contributed by atoms with Crippen LogP contribution < -0.4 is 14.8 Å². The van der Waals surface area contributed by atoms with Crippen LogP contribution in [0.25, 0.3) is 0 Å². The maximum Gasteiger partial charge on any atom is 0.254 e. The molecule has 1 N–H and O–H groups in total. The molecule has 148 valence electrons. The Morgan fingerprint density at radius 1 is 1.07 bits per heavy atom. The Bertz CT molecular complexity index is 889. The number of anilines is 1. The van der Waals surface area contributed by atoms with Gasteiger partial charge >= 0.3 is 0 Å². The average Bonchev–Trinajstić information content (AvgIpc) is 2.69. The topological polar surface area (TPSA) is 67.9 Å². The van der Waals surface area contributed by atoms with Crippen molar-refractivity contribution in [1.29, 1.82) is 0 Å². The van der Waals surface area contributed by atoms with E-state index in [4.69, 9.17) is 32.7 Å². The molecule has 2 amide bonds. The molecule has 8 heteroatoms. The first-order valence-corrected chi connectivity index (χ1v) is 9.67. The van der Waals surface area contributed by atoms with Gasteiger partial charge in [0.1, 0.15) is 19.8 Å². The molecule has 0 unspecified atom stereocenters. The van der Waals surface area contributed by atoms with Gasteiger partial charge in [-0.25, -0.2) is 0 Å². The molecule has 0 saturated carbocycles. The van der Waals surface area contributed by atoms with Gasteiger partial charge in [-0.15, -0.1) is 0 Å². The number of fused-ring (bicyclic) bond motifs is 1. The average molecular weight is 423 g/mol. The number of benzene rings is 2. The Labute approximate surface area is 173 Å². The van der Waals surface area contributed by atoms with E-state index >= 15 is 0 Å². The zero-order valence-electron chi connectivity index (χ0n) is 15.3. The number of halogens is 2. The van der Waals surface area contributed by atoms with Gasteiger partial charge in [-0.05, 0) is 42.8 Å². The number of hydrogen-bond donors (Lipinski definition) is 1. The summed E-state index contributed by atoms with van der Waals surface area (Å²) in [7, 11) is 0. The normalized spacial score (nSPS) is 12.4. The fourth-order valence-corrected chi connectivity index (χ4v) is 3.17. The molecule has 1 aliphatic heterocycles. The summed E-state index contributed by atoms with van der Waals surface area (Å²) >= 11 is 12.0. The van der Waals surface area contributed by atoms with Gasteiger partial charge in [0.25, 0.3) is 5.91 Å². The summed E-state index contributed by atoms with van der Waals surface area (Å²) in [5.41, 5.74) is 0.841. The lowest BCUT2D eigenvalue weighted by atomic mass is 10.1. The number of rotatable bonds is 6. The highest BCUT2D eigenvalue weighted by Gasteiger charge is 2.21. The number of nitrogens with one attached hydrogen (secondary N) is 1. The number of hydrogen-bond acceptors (Lipinski definition) is 4. The third kappa shape index (κ3) is 4.88. The van der Waals surface area contributed by atoms with E-state index in [0.717, 1.165) is 0 Å². The van der Waals surface area contributed by atoms with Crippen molar-refractivity contribution >= 4 is 40.7 Å². The molecule has 2 aromatic carbocycles. The molecular formula is C20H20Cl2N2O4. The Morgan fingerprint density at radius 3 is 2.57 bits per heavy atom. The molecule has 3 rings (SSSR count). The highest BCUT2D eigenvalue weighted by atomic mass is 35.5. The molecule has 0 spiro atoms. The van der Waals surface area contributed by atoms with Gasteiger partial charge in [-0.2, -0.15) is 0 Å². The molecule has 0 aliphatic carbocycles. The predicted octanol–water partition coefficient (Wildman–Crippen LogP) is 4.26. The smallest absolute Gasteiger partial charge is 0.254 e. The summed E-state index contributed by atoms with van der Waals surface area (Å²) in [4.78, 5) is 26.9. The van der Waals surface area contributed by atoms with E-state index in [-0.39, 0.29) is 18.4 Å². The number of carbonyl (C=O) groups excluding carboxylic acids is 2. The Hall–Kier alpha value is -2.44. The van der Waals surface area contributed by atoms with Crippen LogP contribution in [0.15, 0.2) is 36.4 Å². The standard InChI is InChI=1S/C20H20Cl2N2O4/c1-2-7-24(12-19(25)23-16-11-14(21)4-5-15(16)22)20(26)13-3-6-17-18(10-13)28-9-8-27-17/h3-6,10-11H,2,7-9,12H2,1H3,(H,23,25). The van der Waals surface area contributed by atoms with Gasteiger partial charge in [-0.1, -0.05) is 30.1 Å². The summed E-state index contributed by atoms with van der Waals surface area (Å²) < 4.78 is 11.0. The van der Waals surface area contributed by atoms with Gasteiger partial charge in [0.05, 0.1) is 10.7 Å². The lowest BCUT2D eigenvalue weighted by Crippen LogP contribution is -2.38. The SMILES string of the molecule is CCCN(CC(=O)Nc1cc(Cl)ccc1Cl)C(=O)c1ccc2c(c1)OCCO2. The Morgan fingerprint density at radius 2 is 1.82 bits per heavy atom. The Balaban J connectivity index is 1.72. The van der Waals surface area contributed by atoms with Crippen LogP contribution in [-0.2, 0) is 4.79 Å². The maximum absolute atomic E-state index is 12.9. The summed E-state index contributed by atoms with van der Waals surface area (Å²) in [6.45, 7) is 3.18. The molecule has 0 atom stereocenters. The van der Waals surface area contributed by atoms with Gasteiger partial charge in [0.15, 0.2) is 11.5 Å². The van der Waals surface area contributed by atoms with Crippen LogP contribution in [0.5, 0.6) is 11.5 Å². The van der Waals surface area contributed by atoms with Crippen molar-refractivity contribution in [2.75, 3.05) is 31.6 Å². The van der Waals surface area contributed by atoms with E-state index in [1.54, 1.807) is 36.4 Å². The molecule has 0 saturated heterocycles. The second-order valence-corrected chi connectivity index (χ2v) is 7.10. The van der Waals surface area contributed by atoms with Crippen molar-refractivity contribution in [2.24, 2.45) is 0 Å². The van der Waals surface area contributed by atoms with Crippen LogP contribution in [0.3, 0.4) is 0 Å². The molecule has 0 fully saturated rings. The molecule has 0 aromatic heterocycles. The number of nitrogens with zero attached hydrogens (tertiary/aromatic N) is 1. The van der Waals surface area contributed by atoms with E-state index in [1.807, 2.05) is 6.92 Å². The minimum absolute atomic E-state index is 0.107. The van der Waals surface area contributed by atoms with Gasteiger partial charge in [0, 0.05) is 17.1 Å². The van der Waals surface area contributed by atoms with Crippen molar-refractivity contribution in [1.82, 2.24) is 4.90 Å². The second-order valence-electron chi connectivity index (χ2n) is 6.26. The van der Waals surface area contributed by atoms with Crippen LogP contribution in [0.4, 0.5) is 5.69 Å². The summed E-state index contributed by atoms with van der Waals surface area (Å²) in [5.74, 6) is 0.525. The minimum Gasteiger partial charge on any atom is -0.486 e. The third-order valence-corrected chi connectivity index (χ3v) is 4.67. The molecule has 0 bridgehead atoms. The number of carbonyl (C=O) groups is 2. The van der Waals surface area contributed by atoms with Crippen molar-refractivity contribution < 1.29 is 19.1 Å². The molecule has 28 heavy (non-hydrogen) atoms. The van der Waals surface area contributed by atoms with Crippen LogP contribution in [0.2, 0.25) is 10.0 Å². The molecule has 6 nitrogen and oxygen atoms in total. The highest BCUT2D eigenvalue weighted by Crippen LogP contribution is 2.31. The van der Waals surface area contributed by atoms with Crippen LogP contribution in [-0.4, -0.2) is 43.0 Å². The van der Waals surface area contributed by atoms with Crippen molar-refractivity contribution in [3.05, 3.63) is 52.0 Å². The fraction of sp³-hybridized carbons (Fsp3) is 0.300. The molecular weight excluding hydrogens is 403 g/mol. The van der Waals surface area contributed by atoms with E-state index in [9.17, 15) is 9.59 Å². The van der Waals surface area contributed by atoms with Gasteiger partial charge in [-0.3, -0.25) is 9.59 Å². The predicted molar refractivity (Wildman–Crippen MR) is 109 cm³/mol. The maximum atomic E-state index is 12.9. The number of amides is 2. The first-order chi connectivity index (χ1) is 13.5. The monoisotopic (exact) mass is 422 g/mol. The zero-order chi connectivity index (χ0) is 20.1. The van der Waals surface area contributed by atoms with Gasteiger partial charge < -0.3 is 19.7 Å². The van der Waals surface area contributed by atoms with Crippen molar-refractivity contribution in [3.8, 4) is 11.5 Å². The van der Waals surface area contributed by atoms with Crippen molar-refractivity contribution in [3.63, 3.8) is 0 Å². The quantitative estimate of drug-likeness (QED) is 0.754. The van der Waals surface area contributed by atoms with E-state index in [0.29, 0.717) is 59.0 Å². The second kappa shape index (κ2) is 9.17. The molecule has 0 radical (unpaired) electrons. The first kappa shape index (κ1) is 20.3. The Kier molecular flexibility index (Phi) is 6.65. The lowest BCUT2D eigenvalue weighted by molar-refractivity contribution is -0.116. The van der Waals surface area contributed by atoms with E-state index in [1.165, 1.54) is 4.90 Å². The first-order valence-electron chi connectivity index (χ1n) is 8.91. The molecule has 1 heterocycles. The lowest BCUT2D eigenvalue weighted by Gasteiger charge is -2.23. The zero-order valence-corrected chi connectivity index (χ0v) is 16.8. The number of ether oxygens (including phenoxy) is 2.